The predicted molar refractivity (Wildman–Crippen MR) is 84.3 cm³/mol. The summed E-state index contributed by atoms with van der Waals surface area (Å²) in [7, 11) is 0. The van der Waals surface area contributed by atoms with E-state index in [9.17, 15) is 9.90 Å². The molecule has 1 aliphatic heterocycles. The van der Waals surface area contributed by atoms with E-state index in [1.165, 1.54) is 32.4 Å². The van der Waals surface area contributed by atoms with Gasteiger partial charge in [-0.25, -0.2) is 4.79 Å². The minimum absolute atomic E-state index is 0.151. The van der Waals surface area contributed by atoms with Crippen molar-refractivity contribution in [1.29, 1.82) is 0 Å². The Labute approximate surface area is 128 Å². The van der Waals surface area contributed by atoms with Gasteiger partial charge in [-0.2, -0.15) is 0 Å². The van der Waals surface area contributed by atoms with Crippen molar-refractivity contribution in [2.75, 3.05) is 32.7 Å². The molecule has 1 atom stereocenters. The van der Waals surface area contributed by atoms with E-state index in [-0.39, 0.29) is 6.03 Å². The third-order valence-electron chi connectivity index (χ3n) is 4.74. The molecule has 1 saturated carbocycles. The third-order valence-corrected chi connectivity index (χ3v) is 4.74. The van der Waals surface area contributed by atoms with Crippen molar-refractivity contribution in [1.82, 2.24) is 15.5 Å². The molecule has 21 heavy (non-hydrogen) atoms. The van der Waals surface area contributed by atoms with E-state index in [2.05, 4.69) is 22.5 Å². The minimum Gasteiger partial charge on any atom is -0.388 e. The summed E-state index contributed by atoms with van der Waals surface area (Å²) in [4.78, 5) is 14.3. The molecular weight excluding hydrogens is 266 g/mol. The van der Waals surface area contributed by atoms with E-state index >= 15 is 0 Å². The van der Waals surface area contributed by atoms with Gasteiger partial charge >= 0.3 is 6.03 Å². The van der Waals surface area contributed by atoms with E-state index in [1.807, 2.05) is 0 Å². The molecule has 0 aromatic heterocycles. The summed E-state index contributed by atoms with van der Waals surface area (Å²) in [5.74, 6) is 0.464. The zero-order valence-electron chi connectivity index (χ0n) is 13.4. The molecule has 1 aliphatic carbocycles. The van der Waals surface area contributed by atoms with Crippen LogP contribution in [0.25, 0.3) is 0 Å². The Morgan fingerprint density at radius 1 is 1.14 bits per heavy atom. The number of carbonyl (C=O) groups is 1. The summed E-state index contributed by atoms with van der Waals surface area (Å²) >= 11 is 0. The van der Waals surface area contributed by atoms with Gasteiger partial charge in [0, 0.05) is 19.6 Å². The first-order valence-corrected chi connectivity index (χ1v) is 8.54. The van der Waals surface area contributed by atoms with Gasteiger partial charge in [0.05, 0.1) is 5.60 Å². The average Bonchev–Trinajstić information content (AvgIpc) is 2.97. The molecule has 122 valence electrons. The summed E-state index contributed by atoms with van der Waals surface area (Å²) < 4.78 is 0. The fraction of sp³-hybridized carbons (Fsp3) is 0.938. The fourth-order valence-electron chi connectivity index (χ4n) is 3.43. The molecule has 0 bridgehead atoms. The predicted octanol–water partition coefficient (Wildman–Crippen LogP) is 1.71. The third kappa shape index (κ3) is 5.83. The van der Waals surface area contributed by atoms with Crippen LogP contribution in [0.2, 0.25) is 0 Å². The molecule has 2 aliphatic rings. The number of aliphatic hydroxyl groups is 1. The van der Waals surface area contributed by atoms with Crippen LogP contribution in [0.4, 0.5) is 4.79 Å². The molecule has 2 fully saturated rings. The van der Waals surface area contributed by atoms with Gasteiger partial charge < -0.3 is 20.6 Å². The van der Waals surface area contributed by atoms with Crippen molar-refractivity contribution >= 4 is 6.03 Å². The van der Waals surface area contributed by atoms with Crippen LogP contribution < -0.4 is 10.6 Å². The first-order chi connectivity index (χ1) is 10.1. The quantitative estimate of drug-likeness (QED) is 0.699. The average molecular weight is 297 g/mol. The van der Waals surface area contributed by atoms with Crippen LogP contribution in [0.3, 0.4) is 0 Å². The Morgan fingerprint density at radius 2 is 1.81 bits per heavy atom. The Kier molecular flexibility index (Phi) is 6.30. The lowest BCUT2D eigenvalue weighted by molar-refractivity contribution is 0.00718. The molecule has 5 nitrogen and oxygen atoms in total. The SMILES string of the molecule is CC(CNC(=O)NCC1(O)CCCCC1)CN1CCCC1. The van der Waals surface area contributed by atoms with Crippen LogP contribution in [0, 0.1) is 5.92 Å². The number of urea groups is 1. The zero-order valence-corrected chi connectivity index (χ0v) is 13.4. The van der Waals surface area contributed by atoms with Crippen molar-refractivity contribution in [3.8, 4) is 0 Å². The number of nitrogens with zero attached hydrogens (tertiary/aromatic N) is 1. The second-order valence-electron chi connectivity index (χ2n) is 6.96. The summed E-state index contributed by atoms with van der Waals surface area (Å²) in [6, 6.07) is -0.151. The molecule has 0 aromatic carbocycles. The van der Waals surface area contributed by atoms with Crippen LogP contribution in [0.1, 0.15) is 51.9 Å². The van der Waals surface area contributed by atoms with Gasteiger partial charge in [-0.3, -0.25) is 0 Å². The van der Waals surface area contributed by atoms with Gasteiger partial charge in [0.15, 0.2) is 0 Å². The van der Waals surface area contributed by atoms with E-state index in [4.69, 9.17) is 0 Å². The first-order valence-electron chi connectivity index (χ1n) is 8.54. The zero-order chi connectivity index (χ0) is 15.1. The molecule has 3 N–H and O–H groups in total. The summed E-state index contributed by atoms with van der Waals surface area (Å²) in [5, 5.41) is 16.1. The van der Waals surface area contributed by atoms with Gasteiger partial charge in [-0.05, 0) is 44.7 Å². The summed E-state index contributed by atoms with van der Waals surface area (Å²) in [6.07, 6.45) is 7.54. The van der Waals surface area contributed by atoms with Crippen molar-refractivity contribution in [2.45, 2.75) is 57.5 Å². The fourth-order valence-corrected chi connectivity index (χ4v) is 3.43. The van der Waals surface area contributed by atoms with Gasteiger partial charge in [0.25, 0.3) is 0 Å². The highest BCUT2D eigenvalue weighted by atomic mass is 16.3. The second-order valence-corrected chi connectivity index (χ2v) is 6.96. The van der Waals surface area contributed by atoms with Gasteiger partial charge in [0.2, 0.25) is 0 Å². The maximum atomic E-state index is 11.8. The molecular formula is C16H31N3O2. The highest BCUT2D eigenvalue weighted by Crippen LogP contribution is 2.27. The Balaban J connectivity index is 1.58. The van der Waals surface area contributed by atoms with Gasteiger partial charge in [-0.15, -0.1) is 0 Å². The molecule has 1 heterocycles. The molecule has 1 unspecified atom stereocenters. The standard InChI is InChI=1S/C16H31N3O2/c1-14(12-19-9-5-6-10-19)11-17-15(20)18-13-16(21)7-3-2-4-8-16/h14,21H,2-13H2,1H3,(H2,17,18,20). The second kappa shape index (κ2) is 7.99. The summed E-state index contributed by atoms with van der Waals surface area (Å²) in [5.41, 5.74) is -0.684. The van der Waals surface area contributed by atoms with E-state index in [0.29, 0.717) is 19.0 Å². The number of hydrogen-bond acceptors (Lipinski definition) is 3. The lowest BCUT2D eigenvalue weighted by atomic mass is 9.85. The highest BCUT2D eigenvalue weighted by molar-refractivity contribution is 5.73. The molecule has 1 saturated heterocycles. The Hall–Kier alpha value is -0.810. The first kappa shape index (κ1) is 16.6. The summed E-state index contributed by atoms with van der Waals surface area (Å²) in [6.45, 7) is 6.70. The number of likely N-dealkylation sites (tertiary alicyclic amines) is 1. The monoisotopic (exact) mass is 297 g/mol. The Bertz CT molecular complexity index is 323. The van der Waals surface area contributed by atoms with Crippen LogP contribution in [0.5, 0.6) is 0 Å². The van der Waals surface area contributed by atoms with Gasteiger partial charge in [0.1, 0.15) is 0 Å². The number of amides is 2. The molecule has 0 spiro atoms. The molecule has 2 rings (SSSR count). The number of nitrogens with one attached hydrogen (secondary N) is 2. The number of hydrogen-bond donors (Lipinski definition) is 3. The van der Waals surface area contributed by atoms with Crippen LogP contribution in [-0.4, -0.2) is 54.4 Å². The maximum Gasteiger partial charge on any atom is 0.314 e. The molecule has 0 aromatic rings. The number of rotatable bonds is 6. The van der Waals surface area contributed by atoms with Crippen molar-refractivity contribution in [2.24, 2.45) is 5.92 Å². The molecule has 5 heteroatoms. The van der Waals surface area contributed by atoms with Crippen LogP contribution in [-0.2, 0) is 0 Å². The van der Waals surface area contributed by atoms with Crippen molar-refractivity contribution in [3.05, 3.63) is 0 Å². The van der Waals surface area contributed by atoms with E-state index in [0.717, 1.165) is 32.2 Å². The molecule has 2 amide bonds. The van der Waals surface area contributed by atoms with Crippen molar-refractivity contribution < 1.29 is 9.90 Å². The van der Waals surface area contributed by atoms with Crippen LogP contribution in [0.15, 0.2) is 0 Å². The lowest BCUT2D eigenvalue weighted by Crippen LogP contribution is -2.48. The van der Waals surface area contributed by atoms with Crippen LogP contribution >= 0.6 is 0 Å². The number of carbonyl (C=O) groups excluding carboxylic acids is 1. The largest absolute Gasteiger partial charge is 0.388 e. The van der Waals surface area contributed by atoms with Crippen molar-refractivity contribution in [3.63, 3.8) is 0 Å². The smallest absolute Gasteiger partial charge is 0.314 e. The maximum absolute atomic E-state index is 11.8. The Morgan fingerprint density at radius 3 is 2.48 bits per heavy atom. The topological polar surface area (TPSA) is 64.6 Å². The highest BCUT2D eigenvalue weighted by Gasteiger charge is 2.29. The lowest BCUT2D eigenvalue weighted by Gasteiger charge is -2.32. The van der Waals surface area contributed by atoms with Gasteiger partial charge in [-0.1, -0.05) is 26.2 Å². The van der Waals surface area contributed by atoms with E-state index in [1.54, 1.807) is 0 Å². The normalized spacial score (nSPS) is 23.7. The minimum atomic E-state index is -0.684. The van der Waals surface area contributed by atoms with E-state index < -0.39 is 5.60 Å². The molecule has 0 radical (unpaired) electrons.